The zero-order chi connectivity index (χ0) is 14.0. The number of aliphatic hydroxyl groups is 1. The van der Waals surface area contributed by atoms with Gasteiger partial charge < -0.3 is 15.2 Å². The minimum Gasteiger partial charge on any atom is -0.465 e. The molecule has 0 aromatic carbocycles. The first kappa shape index (κ1) is 14.4. The molecule has 0 saturated heterocycles. The Kier molecular flexibility index (Phi) is 3.96. The number of anilines is 1. The maximum atomic E-state index is 11.6. The summed E-state index contributed by atoms with van der Waals surface area (Å²) in [6.07, 6.45) is 1.58. The lowest BCUT2D eigenvalue weighted by atomic mass is 9.86. The lowest BCUT2D eigenvalue weighted by Crippen LogP contribution is -2.51. The summed E-state index contributed by atoms with van der Waals surface area (Å²) in [5.41, 5.74) is -1.28. The minimum absolute atomic E-state index is 0.345. The van der Waals surface area contributed by atoms with E-state index < -0.39 is 17.1 Å². The van der Waals surface area contributed by atoms with Crippen molar-refractivity contribution in [3.8, 4) is 0 Å². The Bertz CT molecular complexity index is 436. The van der Waals surface area contributed by atoms with E-state index in [-0.39, 0.29) is 0 Å². The number of rotatable bonds is 4. The Morgan fingerprint density at radius 1 is 1.39 bits per heavy atom. The first-order valence-electron chi connectivity index (χ1n) is 5.73. The molecule has 0 atom stereocenters. The average molecular weight is 252 g/mol. The highest BCUT2D eigenvalue weighted by molar-refractivity contribution is 5.94. The summed E-state index contributed by atoms with van der Waals surface area (Å²) in [5.74, 6) is -0.0615. The Labute approximate surface area is 107 Å². The summed E-state index contributed by atoms with van der Waals surface area (Å²) < 4.78 is 4.70. The van der Waals surface area contributed by atoms with Crippen molar-refractivity contribution in [1.29, 1.82) is 0 Å². The minimum atomic E-state index is -0.974. The Morgan fingerprint density at radius 2 is 2.00 bits per heavy atom. The summed E-state index contributed by atoms with van der Waals surface area (Å²) in [6.45, 7) is 7.06. The van der Waals surface area contributed by atoms with Gasteiger partial charge in [-0.3, -0.25) is 0 Å². The number of aromatic nitrogens is 1. The molecule has 1 aromatic rings. The number of carbonyl (C=O) groups is 1. The predicted molar refractivity (Wildman–Crippen MR) is 69.6 cm³/mol. The van der Waals surface area contributed by atoms with Gasteiger partial charge in [0.1, 0.15) is 11.4 Å². The smallest absolute Gasteiger partial charge is 0.341 e. The third-order valence-electron chi connectivity index (χ3n) is 3.17. The highest BCUT2D eigenvalue weighted by atomic mass is 16.5. The number of pyridine rings is 1. The van der Waals surface area contributed by atoms with Crippen LogP contribution in [-0.2, 0) is 4.74 Å². The molecule has 0 spiro atoms. The number of hydrogen-bond acceptors (Lipinski definition) is 5. The zero-order valence-electron chi connectivity index (χ0n) is 11.4. The van der Waals surface area contributed by atoms with Crippen molar-refractivity contribution in [3.63, 3.8) is 0 Å². The molecule has 5 nitrogen and oxygen atoms in total. The molecular formula is C13H20N2O3. The highest BCUT2D eigenvalue weighted by Gasteiger charge is 2.36. The Hall–Kier alpha value is -1.62. The second-order valence-electron chi connectivity index (χ2n) is 5.20. The molecule has 1 rings (SSSR count). The molecule has 5 heteroatoms. The highest BCUT2D eigenvalue weighted by Crippen LogP contribution is 2.26. The lowest BCUT2D eigenvalue weighted by Gasteiger charge is -2.38. The van der Waals surface area contributed by atoms with E-state index in [2.05, 4.69) is 10.3 Å². The first-order chi connectivity index (χ1) is 8.19. The van der Waals surface area contributed by atoms with Gasteiger partial charge in [-0.05, 0) is 39.8 Å². The van der Waals surface area contributed by atoms with Crippen molar-refractivity contribution in [2.45, 2.75) is 38.8 Å². The second kappa shape index (κ2) is 4.94. The zero-order valence-corrected chi connectivity index (χ0v) is 11.4. The van der Waals surface area contributed by atoms with Gasteiger partial charge in [0.2, 0.25) is 0 Å². The molecule has 100 valence electrons. The molecule has 1 aromatic heterocycles. The van der Waals surface area contributed by atoms with Crippen LogP contribution in [0.1, 0.15) is 38.1 Å². The molecule has 0 aliphatic heterocycles. The number of methoxy groups -OCH3 is 1. The van der Waals surface area contributed by atoms with E-state index in [1.165, 1.54) is 7.11 Å². The number of ether oxygens (including phenoxy) is 1. The SMILES string of the molecule is COC(=O)c1cccnc1NC(C)(C)C(C)(C)O. The van der Waals surface area contributed by atoms with E-state index in [1.54, 1.807) is 32.2 Å². The third-order valence-corrected chi connectivity index (χ3v) is 3.17. The molecule has 0 unspecified atom stereocenters. The van der Waals surface area contributed by atoms with Crippen LogP contribution in [0, 0.1) is 0 Å². The summed E-state index contributed by atoms with van der Waals surface area (Å²) in [5, 5.41) is 13.2. The van der Waals surface area contributed by atoms with Gasteiger partial charge in [-0.25, -0.2) is 9.78 Å². The maximum Gasteiger partial charge on any atom is 0.341 e. The topological polar surface area (TPSA) is 71.5 Å². The van der Waals surface area contributed by atoms with Crippen LogP contribution in [0.25, 0.3) is 0 Å². The number of hydrogen-bond donors (Lipinski definition) is 2. The van der Waals surface area contributed by atoms with Gasteiger partial charge in [-0.15, -0.1) is 0 Å². The average Bonchev–Trinajstić information content (AvgIpc) is 2.26. The van der Waals surface area contributed by atoms with Gasteiger partial charge in [0, 0.05) is 6.20 Å². The summed E-state index contributed by atoms with van der Waals surface area (Å²) in [4.78, 5) is 15.7. The van der Waals surface area contributed by atoms with Gasteiger partial charge >= 0.3 is 5.97 Å². The summed E-state index contributed by atoms with van der Waals surface area (Å²) in [6, 6.07) is 3.29. The third kappa shape index (κ3) is 2.98. The standard InChI is InChI=1S/C13H20N2O3/c1-12(2,13(3,4)17)15-10-9(11(16)18-5)7-6-8-14-10/h6-8,17H,1-5H3,(H,14,15). The maximum absolute atomic E-state index is 11.6. The van der Waals surface area contributed by atoms with Gasteiger partial charge in [-0.1, -0.05) is 0 Å². The van der Waals surface area contributed by atoms with E-state index in [0.717, 1.165) is 0 Å². The predicted octanol–water partition coefficient (Wildman–Crippen LogP) is 1.83. The van der Waals surface area contributed by atoms with Gasteiger partial charge in [0.15, 0.2) is 0 Å². The molecule has 0 saturated carbocycles. The number of nitrogens with zero attached hydrogens (tertiary/aromatic N) is 1. The molecule has 1 heterocycles. The summed E-state index contributed by atoms with van der Waals surface area (Å²) >= 11 is 0. The van der Waals surface area contributed by atoms with Crippen LogP contribution in [0.5, 0.6) is 0 Å². The van der Waals surface area contributed by atoms with E-state index >= 15 is 0 Å². The molecule has 18 heavy (non-hydrogen) atoms. The number of carbonyl (C=O) groups excluding carboxylic acids is 1. The molecular weight excluding hydrogens is 232 g/mol. The van der Waals surface area contributed by atoms with Crippen molar-refractivity contribution in [3.05, 3.63) is 23.9 Å². The Morgan fingerprint density at radius 3 is 2.50 bits per heavy atom. The fraction of sp³-hybridized carbons (Fsp3) is 0.538. The van der Waals surface area contributed by atoms with Gasteiger partial charge in [-0.2, -0.15) is 0 Å². The molecule has 2 N–H and O–H groups in total. The monoisotopic (exact) mass is 252 g/mol. The Balaban J connectivity index is 3.09. The largest absolute Gasteiger partial charge is 0.465 e. The van der Waals surface area contributed by atoms with Crippen LogP contribution in [0.2, 0.25) is 0 Å². The quantitative estimate of drug-likeness (QED) is 0.800. The van der Waals surface area contributed by atoms with Crippen molar-refractivity contribution in [1.82, 2.24) is 4.98 Å². The summed E-state index contributed by atoms with van der Waals surface area (Å²) in [7, 11) is 1.32. The van der Waals surface area contributed by atoms with Crippen LogP contribution < -0.4 is 5.32 Å². The molecule has 0 aliphatic rings. The lowest BCUT2D eigenvalue weighted by molar-refractivity contribution is 0.0237. The number of esters is 1. The molecule has 0 amide bonds. The fourth-order valence-corrected chi connectivity index (χ4v) is 1.23. The van der Waals surface area contributed by atoms with Crippen molar-refractivity contribution >= 4 is 11.8 Å². The van der Waals surface area contributed by atoms with E-state index in [0.29, 0.717) is 11.4 Å². The molecule has 0 aliphatic carbocycles. The normalized spacial score (nSPS) is 12.1. The number of nitrogens with one attached hydrogen (secondary N) is 1. The van der Waals surface area contributed by atoms with Crippen LogP contribution in [0.4, 0.5) is 5.82 Å². The van der Waals surface area contributed by atoms with E-state index in [1.807, 2.05) is 13.8 Å². The van der Waals surface area contributed by atoms with E-state index in [9.17, 15) is 9.90 Å². The van der Waals surface area contributed by atoms with Crippen LogP contribution in [0.15, 0.2) is 18.3 Å². The first-order valence-corrected chi connectivity index (χ1v) is 5.73. The van der Waals surface area contributed by atoms with E-state index in [4.69, 9.17) is 4.74 Å². The van der Waals surface area contributed by atoms with Gasteiger partial charge in [0.05, 0.1) is 18.2 Å². The van der Waals surface area contributed by atoms with Crippen molar-refractivity contribution in [2.75, 3.05) is 12.4 Å². The van der Waals surface area contributed by atoms with Crippen LogP contribution in [-0.4, -0.2) is 34.3 Å². The molecule has 0 radical (unpaired) electrons. The van der Waals surface area contributed by atoms with Crippen molar-refractivity contribution < 1.29 is 14.6 Å². The van der Waals surface area contributed by atoms with Crippen LogP contribution in [0.3, 0.4) is 0 Å². The van der Waals surface area contributed by atoms with Crippen LogP contribution >= 0.6 is 0 Å². The van der Waals surface area contributed by atoms with Gasteiger partial charge in [0.25, 0.3) is 0 Å². The molecule has 0 fully saturated rings. The van der Waals surface area contributed by atoms with Crippen molar-refractivity contribution in [2.24, 2.45) is 0 Å². The second-order valence-corrected chi connectivity index (χ2v) is 5.20. The fourth-order valence-electron chi connectivity index (χ4n) is 1.23. The molecule has 0 bridgehead atoms.